The molecule has 4 heteroatoms. The van der Waals surface area contributed by atoms with Gasteiger partial charge in [-0.1, -0.05) is 13.3 Å². The lowest BCUT2D eigenvalue weighted by atomic mass is 9.86. The molecule has 1 aromatic rings. The zero-order valence-corrected chi connectivity index (χ0v) is 10.7. The van der Waals surface area contributed by atoms with E-state index in [0.717, 1.165) is 24.5 Å². The second-order valence-corrected chi connectivity index (χ2v) is 4.71. The first kappa shape index (κ1) is 12.7. The number of amides is 1. The molecule has 1 aromatic heterocycles. The van der Waals surface area contributed by atoms with Crippen molar-refractivity contribution in [1.82, 2.24) is 10.4 Å². The predicted molar refractivity (Wildman–Crippen MR) is 71.4 cm³/mol. The van der Waals surface area contributed by atoms with Crippen LogP contribution >= 0.6 is 0 Å². The van der Waals surface area contributed by atoms with Gasteiger partial charge in [-0.15, -0.1) is 0 Å². The smallest absolute Gasteiger partial charge is 0.267 e. The van der Waals surface area contributed by atoms with Crippen molar-refractivity contribution in [2.45, 2.75) is 39.0 Å². The minimum atomic E-state index is -0.187. The van der Waals surface area contributed by atoms with Crippen LogP contribution in [0.5, 0.6) is 0 Å². The quantitative estimate of drug-likeness (QED) is 0.832. The monoisotopic (exact) mass is 245 g/mol. The van der Waals surface area contributed by atoms with E-state index in [4.69, 9.17) is 0 Å². The van der Waals surface area contributed by atoms with Gasteiger partial charge in [0.2, 0.25) is 0 Å². The summed E-state index contributed by atoms with van der Waals surface area (Å²) in [7, 11) is 0. The maximum atomic E-state index is 11.7. The number of hydrazone groups is 1. The van der Waals surface area contributed by atoms with Crippen molar-refractivity contribution in [2.75, 3.05) is 0 Å². The number of nitrogens with zero attached hydrogens (tertiary/aromatic N) is 2. The predicted octanol–water partition coefficient (Wildman–Crippen LogP) is 2.77. The van der Waals surface area contributed by atoms with Gasteiger partial charge in [0.05, 0.1) is 5.56 Å². The molecular formula is C14H19N3O. The molecule has 0 saturated heterocycles. The summed E-state index contributed by atoms with van der Waals surface area (Å²) in [6.07, 6.45) is 8.83. The van der Waals surface area contributed by atoms with E-state index in [2.05, 4.69) is 22.4 Å². The Hall–Kier alpha value is -1.71. The van der Waals surface area contributed by atoms with Crippen LogP contribution in [0.2, 0.25) is 0 Å². The Balaban J connectivity index is 1.86. The molecule has 96 valence electrons. The number of carbonyl (C=O) groups excluding carboxylic acids is 1. The van der Waals surface area contributed by atoms with E-state index in [1.54, 1.807) is 24.5 Å². The molecule has 1 fully saturated rings. The number of pyridine rings is 1. The van der Waals surface area contributed by atoms with E-state index >= 15 is 0 Å². The SMILES string of the molecule is CCC1CCC(=NNC(=O)c2cccnc2)CC1. The van der Waals surface area contributed by atoms with E-state index in [9.17, 15) is 4.79 Å². The molecule has 1 aliphatic carbocycles. The summed E-state index contributed by atoms with van der Waals surface area (Å²) >= 11 is 0. The molecule has 4 nitrogen and oxygen atoms in total. The highest BCUT2D eigenvalue weighted by Crippen LogP contribution is 2.24. The highest BCUT2D eigenvalue weighted by atomic mass is 16.2. The normalized spacial score (nSPS) is 19.4. The Kier molecular flexibility index (Phi) is 4.45. The Labute approximate surface area is 108 Å². The standard InChI is InChI=1S/C14H19N3O/c1-2-11-5-7-13(8-6-11)16-17-14(18)12-4-3-9-15-10-12/h3-4,9-11H,2,5-8H2,1H3,(H,17,18). The number of nitrogens with one attached hydrogen (secondary N) is 1. The van der Waals surface area contributed by atoms with Gasteiger partial charge >= 0.3 is 0 Å². The van der Waals surface area contributed by atoms with Crippen molar-refractivity contribution in [3.05, 3.63) is 30.1 Å². The number of hydrogen-bond donors (Lipinski definition) is 1. The molecule has 0 aromatic carbocycles. The highest BCUT2D eigenvalue weighted by Gasteiger charge is 2.16. The van der Waals surface area contributed by atoms with Crippen LogP contribution in [0.15, 0.2) is 29.6 Å². The van der Waals surface area contributed by atoms with Crippen molar-refractivity contribution in [3.8, 4) is 0 Å². The third-order valence-corrected chi connectivity index (χ3v) is 3.50. The third kappa shape index (κ3) is 3.39. The maximum absolute atomic E-state index is 11.7. The van der Waals surface area contributed by atoms with Crippen LogP contribution in [-0.2, 0) is 0 Å². The molecule has 1 N–H and O–H groups in total. The van der Waals surface area contributed by atoms with Crippen LogP contribution in [-0.4, -0.2) is 16.6 Å². The first-order chi connectivity index (χ1) is 8.79. The Morgan fingerprint density at radius 1 is 1.50 bits per heavy atom. The van der Waals surface area contributed by atoms with E-state index in [1.807, 2.05) is 0 Å². The maximum Gasteiger partial charge on any atom is 0.272 e. The van der Waals surface area contributed by atoms with Crippen LogP contribution in [0, 0.1) is 5.92 Å². The molecule has 1 heterocycles. The molecule has 0 aliphatic heterocycles. The zero-order valence-electron chi connectivity index (χ0n) is 10.7. The average Bonchev–Trinajstić information content (AvgIpc) is 2.46. The fourth-order valence-electron chi connectivity index (χ4n) is 2.22. The minimum Gasteiger partial charge on any atom is -0.267 e. The van der Waals surface area contributed by atoms with Gasteiger partial charge in [-0.05, 0) is 43.7 Å². The molecule has 0 radical (unpaired) electrons. The fourth-order valence-corrected chi connectivity index (χ4v) is 2.22. The van der Waals surface area contributed by atoms with Crippen LogP contribution < -0.4 is 5.43 Å². The number of carbonyl (C=O) groups is 1. The lowest BCUT2D eigenvalue weighted by Crippen LogP contribution is -2.22. The van der Waals surface area contributed by atoms with Crippen LogP contribution in [0.25, 0.3) is 0 Å². The van der Waals surface area contributed by atoms with E-state index in [0.29, 0.717) is 5.56 Å². The highest BCUT2D eigenvalue weighted by molar-refractivity contribution is 5.95. The fraction of sp³-hybridized carbons (Fsp3) is 0.500. The largest absolute Gasteiger partial charge is 0.272 e. The summed E-state index contributed by atoms with van der Waals surface area (Å²) in [4.78, 5) is 15.7. The first-order valence-electron chi connectivity index (χ1n) is 6.55. The second-order valence-electron chi connectivity index (χ2n) is 4.71. The summed E-state index contributed by atoms with van der Waals surface area (Å²) in [5.74, 6) is 0.645. The Morgan fingerprint density at radius 3 is 2.89 bits per heavy atom. The summed E-state index contributed by atoms with van der Waals surface area (Å²) in [6.45, 7) is 2.23. The summed E-state index contributed by atoms with van der Waals surface area (Å²) in [6, 6.07) is 3.48. The van der Waals surface area contributed by atoms with Gasteiger partial charge in [0.15, 0.2) is 0 Å². The van der Waals surface area contributed by atoms with Gasteiger partial charge in [-0.3, -0.25) is 9.78 Å². The average molecular weight is 245 g/mol. The lowest BCUT2D eigenvalue weighted by Gasteiger charge is -2.21. The number of aromatic nitrogens is 1. The van der Waals surface area contributed by atoms with Crippen molar-refractivity contribution < 1.29 is 4.79 Å². The minimum absolute atomic E-state index is 0.187. The third-order valence-electron chi connectivity index (χ3n) is 3.50. The van der Waals surface area contributed by atoms with Crippen molar-refractivity contribution in [1.29, 1.82) is 0 Å². The second kappa shape index (κ2) is 6.28. The van der Waals surface area contributed by atoms with Gasteiger partial charge < -0.3 is 0 Å². The molecule has 0 bridgehead atoms. The molecule has 1 amide bonds. The van der Waals surface area contributed by atoms with E-state index < -0.39 is 0 Å². The van der Waals surface area contributed by atoms with Gasteiger partial charge in [-0.2, -0.15) is 5.10 Å². The Morgan fingerprint density at radius 2 is 2.28 bits per heavy atom. The molecule has 0 spiro atoms. The first-order valence-corrected chi connectivity index (χ1v) is 6.55. The molecule has 2 rings (SSSR count). The lowest BCUT2D eigenvalue weighted by molar-refractivity contribution is 0.0954. The van der Waals surface area contributed by atoms with Crippen molar-refractivity contribution in [2.24, 2.45) is 11.0 Å². The molecular weight excluding hydrogens is 226 g/mol. The van der Waals surface area contributed by atoms with Crippen molar-refractivity contribution in [3.63, 3.8) is 0 Å². The van der Waals surface area contributed by atoms with Gasteiger partial charge in [0.25, 0.3) is 5.91 Å². The topological polar surface area (TPSA) is 54.4 Å². The molecule has 0 unspecified atom stereocenters. The van der Waals surface area contributed by atoms with Gasteiger partial charge in [0, 0.05) is 18.1 Å². The summed E-state index contributed by atoms with van der Waals surface area (Å²) < 4.78 is 0. The van der Waals surface area contributed by atoms with E-state index in [1.165, 1.54) is 19.3 Å². The Bertz CT molecular complexity index is 418. The summed E-state index contributed by atoms with van der Waals surface area (Å²) in [5.41, 5.74) is 4.26. The van der Waals surface area contributed by atoms with Crippen LogP contribution in [0.3, 0.4) is 0 Å². The zero-order chi connectivity index (χ0) is 12.8. The van der Waals surface area contributed by atoms with Crippen LogP contribution in [0.1, 0.15) is 49.4 Å². The molecule has 18 heavy (non-hydrogen) atoms. The van der Waals surface area contributed by atoms with E-state index in [-0.39, 0.29) is 5.91 Å². The number of hydrogen-bond acceptors (Lipinski definition) is 3. The molecule has 0 atom stereocenters. The number of rotatable bonds is 3. The summed E-state index contributed by atoms with van der Waals surface area (Å²) in [5, 5.41) is 4.22. The van der Waals surface area contributed by atoms with Gasteiger partial charge in [-0.25, -0.2) is 5.43 Å². The van der Waals surface area contributed by atoms with Gasteiger partial charge in [0.1, 0.15) is 0 Å². The van der Waals surface area contributed by atoms with Crippen molar-refractivity contribution >= 4 is 11.6 Å². The van der Waals surface area contributed by atoms with Crippen LogP contribution in [0.4, 0.5) is 0 Å². The molecule has 1 aliphatic rings. The molecule has 1 saturated carbocycles.